The van der Waals surface area contributed by atoms with Crippen LogP contribution in [0.3, 0.4) is 0 Å². The molecule has 0 saturated heterocycles. The topological polar surface area (TPSA) is 84.2 Å². The lowest BCUT2D eigenvalue weighted by Crippen LogP contribution is -2.37. The molecule has 4 N–H and O–H groups in total. The lowest BCUT2D eigenvalue weighted by Gasteiger charge is -2.05. The zero-order valence-electron chi connectivity index (χ0n) is 9.27. The number of hydrogen-bond donors (Lipinski definition) is 3. The van der Waals surface area contributed by atoms with Crippen LogP contribution in [-0.4, -0.2) is 31.4 Å². The predicted octanol–water partition coefficient (Wildman–Crippen LogP) is 0.365. The molecule has 0 aliphatic carbocycles. The van der Waals surface area contributed by atoms with Crippen molar-refractivity contribution in [1.29, 1.82) is 0 Å². The standard InChI is InChI=1S/C10H15N3O2S.ClH/c11-4-2-5-12-9(14)7-13-10(15)8-3-1-6-16-8;/h1,3,6H,2,4-5,7,11H2,(H,12,14)(H,13,15);1H. The number of hydrogen-bond acceptors (Lipinski definition) is 4. The summed E-state index contributed by atoms with van der Waals surface area (Å²) in [6, 6.07) is 3.51. The van der Waals surface area contributed by atoms with Gasteiger partial charge in [-0.1, -0.05) is 6.07 Å². The molecule has 0 bridgehead atoms. The zero-order valence-corrected chi connectivity index (χ0v) is 10.9. The van der Waals surface area contributed by atoms with E-state index >= 15 is 0 Å². The molecule has 0 aromatic carbocycles. The zero-order chi connectivity index (χ0) is 11.8. The molecule has 0 aliphatic rings. The number of halogens is 1. The molecule has 2 amide bonds. The van der Waals surface area contributed by atoms with E-state index in [2.05, 4.69) is 10.6 Å². The van der Waals surface area contributed by atoms with E-state index in [0.29, 0.717) is 18.0 Å². The molecule has 0 unspecified atom stereocenters. The van der Waals surface area contributed by atoms with Crippen LogP contribution in [0.25, 0.3) is 0 Å². The van der Waals surface area contributed by atoms with E-state index in [9.17, 15) is 9.59 Å². The van der Waals surface area contributed by atoms with Gasteiger partial charge in [0.15, 0.2) is 0 Å². The van der Waals surface area contributed by atoms with Gasteiger partial charge in [-0.25, -0.2) is 0 Å². The molecule has 0 atom stereocenters. The number of rotatable bonds is 6. The molecule has 0 fully saturated rings. The number of carbonyl (C=O) groups excluding carboxylic acids is 2. The third-order valence-corrected chi connectivity index (χ3v) is 2.73. The molecular formula is C10H16ClN3O2S. The van der Waals surface area contributed by atoms with Gasteiger partial charge in [-0.2, -0.15) is 0 Å². The van der Waals surface area contributed by atoms with E-state index < -0.39 is 0 Å². The first-order valence-corrected chi connectivity index (χ1v) is 5.90. The Balaban J connectivity index is 0.00000256. The highest BCUT2D eigenvalue weighted by atomic mass is 35.5. The summed E-state index contributed by atoms with van der Waals surface area (Å²) in [5, 5.41) is 7.01. The van der Waals surface area contributed by atoms with Gasteiger partial charge >= 0.3 is 0 Å². The van der Waals surface area contributed by atoms with Crippen molar-refractivity contribution in [1.82, 2.24) is 10.6 Å². The van der Waals surface area contributed by atoms with Crippen molar-refractivity contribution >= 4 is 35.6 Å². The molecule has 0 spiro atoms. The van der Waals surface area contributed by atoms with Gasteiger partial charge in [0, 0.05) is 6.54 Å². The van der Waals surface area contributed by atoms with Crippen LogP contribution in [0.4, 0.5) is 0 Å². The summed E-state index contributed by atoms with van der Waals surface area (Å²) in [4.78, 5) is 23.3. The third-order valence-electron chi connectivity index (χ3n) is 1.86. The van der Waals surface area contributed by atoms with Crippen LogP contribution < -0.4 is 16.4 Å². The average molecular weight is 278 g/mol. The minimum absolute atomic E-state index is 0. The molecule has 96 valence electrons. The fraction of sp³-hybridized carbons (Fsp3) is 0.400. The Labute approximate surface area is 110 Å². The SMILES string of the molecule is Cl.NCCCNC(=O)CNC(=O)c1cccs1. The van der Waals surface area contributed by atoms with E-state index in [-0.39, 0.29) is 30.8 Å². The minimum Gasteiger partial charge on any atom is -0.355 e. The van der Waals surface area contributed by atoms with Crippen LogP contribution in [0.1, 0.15) is 16.1 Å². The molecule has 7 heteroatoms. The first-order chi connectivity index (χ1) is 7.74. The van der Waals surface area contributed by atoms with Gasteiger partial charge in [-0.3, -0.25) is 9.59 Å². The summed E-state index contributed by atoms with van der Waals surface area (Å²) in [6.07, 6.45) is 0.741. The van der Waals surface area contributed by atoms with Crippen molar-refractivity contribution < 1.29 is 9.59 Å². The van der Waals surface area contributed by atoms with Crippen LogP contribution in [0.15, 0.2) is 17.5 Å². The monoisotopic (exact) mass is 277 g/mol. The van der Waals surface area contributed by atoms with Gasteiger partial charge in [0.1, 0.15) is 0 Å². The number of amides is 2. The molecule has 0 saturated carbocycles. The smallest absolute Gasteiger partial charge is 0.261 e. The van der Waals surface area contributed by atoms with Gasteiger partial charge in [-0.05, 0) is 24.4 Å². The lowest BCUT2D eigenvalue weighted by molar-refractivity contribution is -0.120. The Kier molecular flexibility index (Phi) is 8.39. The predicted molar refractivity (Wildman–Crippen MR) is 70.6 cm³/mol. The second-order valence-corrected chi connectivity index (χ2v) is 4.10. The maximum absolute atomic E-state index is 11.4. The first-order valence-electron chi connectivity index (χ1n) is 5.02. The largest absolute Gasteiger partial charge is 0.355 e. The van der Waals surface area contributed by atoms with Gasteiger partial charge in [0.2, 0.25) is 5.91 Å². The number of nitrogens with one attached hydrogen (secondary N) is 2. The Morgan fingerprint density at radius 2 is 2.12 bits per heavy atom. The minimum atomic E-state index is -0.219. The van der Waals surface area contributed by atoms with Crippen molar-refractivity contribution in [3.63, 3.8) is 0 Å². The fourth-order valence-corrected chi connectivity index (χ4v) is 1.69. The maximum Gasteiger partial charge on any atom is 0.261 e. The van der Waals surface area contributed by atoms with Crippen molar-refractivity contribution in [2.75, 3.05) is 19.6 Å². The van der Waals surface area contributed by atoms with Gasteiger partial charge in [0.05, 0.1) is 11.4 Å². The van der Waals surface area contributed by atoms with Gasteiger partial charge in [0.25, 0.3) is 5.91 Å². The molecule has 1 aromatic rings. The van der Waals surface area contributed by atoms with Crippen molar-refractivity contribution in [2.24, 2.45) is 5.73 Å². The number of nitrogens with two attached hydrogens (primary N) is 1. The normalized spacial score (nSPS) is 9.24. The molecule has 1 heterocycles. The highest BCUT2D eigenvalue weighted by molar-refractivity contribution is 7.12. The molecule has 0 radical (unpaired) electrons. The summed E-state index contributed by atoms with van der Waals surface area (Å²) in [5.74, 6) is -0.415. The van der Waals surface area contributed by atoms with Crippen LogP contribution in [0.5, 0.6) is 0 Å². The first kappa shape index (κ1) is 15.9. The van der Waals surface area contributed by atoms with Crippen molar-refractivity contribution in [3.05, 3.63) is 22.4 Å². The van der Waals surface area contributed by atoms with Crippen LogP contribution in [0, 0.1) is 0 Å². The highest BCUT2D eigenvalue weighted by Crippen LogP contribution is 2.07. The summed E-state index contributed by atoms with van der Waals surface area (Å²) in [7, 11) is 0. The molecule has 0 aliphatic heterocycles. The Morgan fingerprint density at radius 3 is 2.71 bits per heavy atom. The van der Waals surface area contributed by atoms with Crippen LogP contribution in [-0.2, 0) is 4.79 Å². The van der Waals surface area contributed by atoms with Crippen LogP contribution >= 0.6 is 23.7 Å². The summed E-state index contributed by atoms with van der Waals surface area (Å²) in [5.41, 5.74) is 5.28. The average Bonchev–Trinajstić information content (AvgIpc) is 2.79. The highest BCUT2D eigenvalue weighted by Gasteiger charge is 2.07. The molecule has 1 aromatic heterocycles. The molecular weight excluding hydrogens is 262 g/mol. The maximum atomic E-state index is 11.4. The Bertz CT molecular complexity index is 343. The van der Waals surface area contributed by atoms with Crippen molar-refractivity contribution in [3.8, 4) is 0 Å². The van der Waals surface area contributed by atoms with E-state index in [1.165, 1.54) is 11.3 Å². The summed E-state index contributed by atoms with van der Waals surface area (Å²) in [6.45, 7) is 1.09. The van der Waals surface area contributed by atoms with E-state index in [1.807, 2.05) is 5.38 Å². The number of thiophene rings is 1. The summed E-state index contributed by atoms with van der Waals surface area (Å²) < 4.78 is 0. The molecule has 1 rings (SSSR count). The fourth-order valence-electron chi connectivity index (χ4n) is 1.05. The Hall–Kier alpha value is -1.11. The van der Waals surface area contributed by atoms with Gasteiger partial charge in [-0.15, -0.1) is 23.7 Å². The Morgan fingerprint density at radius 1 is 1.35 bits per heavy atom. The second kappa shape index (κ2) is 8.98. The molecule has 17 heavy (non-hydrogen) atoms. The van der Waals surface area contributed by atoms with Crippen molar-refractivity contribution in [2.45, 2.75) is 6.42 Å². The second-order valence-electron chi connectivity index (χ2n) is 3.15. The van der Waals surface area contributed by atoms with E-state index in [0.717, 1.165) is 6.42 Å². The number of carbonyl (C=O) groups is 2. The molecule has 5 nitrogen and oxygen atoms in total. The summed E-state index contributed by atoms with van der Waals surface area (Å²) >= 11 is 1.34. The van der Waals surface area contributed by atoms with Crippen LogP contribution in [0.2, 0.25) is 0 Å². The van der Waals surface area contributed by atoms with E-state index in [4.69, 9.17) is 5.73 Å². The van der Waals surface area contributed by atoms with Gasteiger partial charge < -0.3 is 16.4 Å². The third kappa shape index (κ3) is 6.25. The lowest BCUT2D eigenvalue weighted by atomic mass is 10.4. The van der Waals surface area contributed by atoms with E-state index in [1.54, 1.807) is 12.1 Å². The quantitative estimate of drug-likeness (QED) is 0.657.